The Hall–Kier alpha value is -1.22. The lowest BCUT2D eigenvalue weighted by molar-refractivity contribution is 0.170. The first-order chi connectivity index (χ1) is 7.94. The SMILES string of the molecule is CC(C)Oc1ccccc1NCC(C)(C)CO. The highest BCUT2D eigenvalue weighted by Crippen LogP contribution is 2.26. The van der Waals surface area contributed by atoms with Crippen LogP contribution in [0.3, 0.4) is 0 Å². The number of benzene rings is 1. The first kappa shape index (κ1) is 13.8. The lowest BCUT2D eigenvalue weighted by Crippen LogP contribution is -2.27. The Morgan fingerprint density at radius 2 is 1.94 bits per heavy atom. The van der Waals surface area contributed by atoms with Crippen molar-refractivity contribution in [3.05, 3.63) is 24.3 Å². The summed E-state index contributed by atoms with van der Waals surface area (Å²) in [6.07, 6.45) is 0.156. The van der Waals surface area contributed by atoms with Gasteiger partial charge >= 0.3 is 0 Å². The van der Waals surface area contributed by atoms with Gasteiger partial charge in [0, 0.05) is 18.6 Å². The summed E-state index contributed by atoms with van der Waals surface area (Å²) in [4.78, 5) is 0. The predicted octanol–water partition coefficient (Wildman–Crippen LogP) is 2.90. The molecule has 1 aromatic carbocycles. The van der Waals surface area contributed by atoms with Crippen LogP contribution in [-0.2, 0) is 0 Å². The number of aliphatic hydroxyl groups is 1. The summed E-state index contributed by atoms with van der Waals surface area (Å²) in [6, 6.07) is 7.88. The van der Waals surface area contributed by atoms with E-state index in [9.17, 15) is 5.11 Å². The molecule has 0 bridgehead atoms. The second-order valence-corrected chi connectivity index (χ2v) is 5.34. The second kappa shape index (κ2) is 5.92. The fourth-order valence-corrected chi connectivity index (χ4v) is 1.36. The molecule has 0 atom stereocenters. The molecule has 0 saturated carbocycles. The Labute approximate surface area is 104 Å². The van der Waals surface area contributed by atoms with Crippen molar-refractivity contribution in [3.63, 3.8) is 0 Å². The molecule has 0 aliphatic rings. The minimum absolute atomic E-state index is 0.134. The number of anilines is 1. The van der Waals surface area contributed by atoms with Gasteiger partial charge in [0.05, 0.1) is 11.8 Å². The minimum Gasteiger partial charge on any atom is -0.489 e. The fraction of sp³-hybridized carbons (Fsp3) is 0.571. The molecule has 0 unspecified atom stereocenters. The van der Waals surface area contributed by atoms with Gasteiger partial charge in [0.15, 0.2) is 0 Å². The molecule has 3 heteroatoms. The highest BCUT2D eigenvalue weighted by Gasteiger charge is 2.16. The third kappa shape index (κ3) is 4.65. The number of para-hydroxylation sites is 2. The van der Waals surface area contributed by atoms with Gasteiger partial charge in [-0.25, -0.2) is 0 Å². The van der Waals surface area contributed by atoms with Gasteiger partial charge in [0.1, 0.15) is 5.75 Å². The largest absolute Gasteiger partial charge is 0.489 e. The van der Waals surface area contributed by atoms with Crippen LogP contribution in [0.2, 0.25) is 0 Å². The van der Waals surface area contributed by atoms with Crippen LogP contribution in [0.5, 0.6) is 5.75 Å². The molecule has 1 aromatic rings. The molecule has 0 aliphatic heterocycles. The van der Waals surface area contributed by atoms with E-state index in [1.54, 1.807) is 0 Å². The number of hydrogen-bond acceptors (Lipinski definition) is 3. The molecule has 2 N–H and O–H groups in total. The van der Waals surface area contributed by atoms with E-state index in [-0.39, 0.29) is 18.1 Å². The summed E-state index contributed by atoms with van der Waals surface area (Å²) < 4.78 is 5.72. The van der Waals surface area contributed by atoms with Crippen molar-refractivity contribution in [2.24, 2.45) is 5.41 Å². The molecule has 0 aromatic heterocycles. The topological polar surface area (TPSA) is 41.5 Å². The van der Waals surface area contributed by atoms with E-state index in [0.717, 1.165) is 11.4 Å². The summed E-state index contributed by atoms with van der Waals surface area (Å²) in [5.41, 5.74) is 0.841. The quantitative estimate of drug-likeness (QED) is 0.799. The van der Waals surface area contributed by atoms with Crippen LogP contribution in [0, 0.1) is 5.41 Å². The molecule has 0 radical (unpaired) electrons. The smallest absolute Gasteiger partial charge is 0.142 e. The van der Waals surface area contributed by atoms with Crippen molar-refractivity contribution < 1.29 is 9.84 Å². The summed E-state index contributed by atoms with van der Waals surface area (Å²) >= 11 is 0. The molecule has 0 heterocycles. The Morgan fingerprint density at radius 1 is 1.29 bits per heavy atom. The van der Waals surface area contributed by atoms with E-state index in [1.165, 1.54) is 0 Å². The summed E-state index contributed by atoms with van der Waals surface area (Å²) in [5.74, 6) is 0.858. The summed E-state index contributed by atoms with van der Waals surface area (Å²) in [7, 11) is 0. The van der Waals surface area contributed by atoms with Crippen LogP contribution in [-0.4, -0.2) is 24.4 Å². The standard InChI is InChI=1S/C14H23NO2/c1-11(2)17-13-8-6-5-7-12(13)15-9-14(3,4)10-16/h5-8,11,15-16H,9-10H2,1-4H3. The summed E-state index contributed by atoms with van der Waals surface area (Å²) in [5, 5.41) is 12.5. The molecule has 0 spiro atoms. The highest BCUT2D eigenvalue weighted by atomic mass is 16.5. The number of hydrogen-bond donors (Lipinski definition) is 2. The maximum Gasteiger partial charge on any atom is 0.142 e. The van der Waals surface area contributed by atoms with Crippen molar-refractivity contribution in [3.8, 4) is 5.75 Å². The third-order valence-corrected chi connectivity index (χ3v) is 2.44. The van der Waals surface area contributed by atoms with Gasteiger partial charge in [-0.1, -0.05) is 26.0 Å². The van der Waals surface area contributed by atoms with Crippen LogP contribution in [0.4, 0.5) is 5.69 Å². The van der Waals surface area contributed by atoms with Crippen molar-refractivity contribution in [2.75, 3.05) is 18.5 Å². The van der Waals surface area contributed by atoms with Crippen LogP contribution in [0.1, 0.15) is 27.7 Å². The Balaban J connectivity index is 2.70. The number of ether oxygens (including phenoxy) is 1. The number of rotatable bonds is 6. The van der Waals surface area contributed by atoms with Crippen LogP contribution < -0.4 is 10.1 Å². The van der Waals surface area contributed by atoms with E-state index in [4.69, 9.17) is 4.74 Å². The third-order valence-electron chi connectivity index (χ3n) is 2.44. The lowest BCUT2D eigenvalue weighted by Gasteiger charge is -2.24. The van der Waals surface area contributed by atoms with E-state index < -0.39 is 0 Å². The molecule has 0 aliphatic carbocycles. The van der Waals surface area contributed by atoms with Gasteiger partial charge in [-0.3, -0.25) is 0 Å². The van der Waals surface area contributed by atoms with Gasteiger partial charge in [-0.15, -0.1) is 0 Å². The van der Waals surface area contributed by atoms with Crippen molar-refractivity contribution in [2.45, 2.75) is 33.8 Å². The van der Waals surface area contributed by atoms with E-state index >= 15 is 0 Å². The van der Waals surface area contributed by atoms with Gasteiger partial charge in [0.25, 0.3) is 0 Å². The zero-order valence-electron chi connectivity index (χ0n) is 11.2. The fourth-order valence-electron chi connectivity index (χ4n) is 1.36. The molecule has 0 saturated heterocycles. The minimum atomic E-state index is -0.134. The molecule has 96 valence electrons. The first-order valence-corrected chi connectivity index (χ1v) is 6.05. The highest BCUT2D eigenvalue weighted by molar-refractivity contribution is 5.56. The summed E-state index contributed by atoms with van der Waals surface area (Å²) in [6.45, 7) is 8.93. The lowest BCUT2D eigenvalue weighted by atomic mass is 9.95. The molecular formula is C14H23NO2. The average Bonchev–Trinajstić information content (AvgIpc) is 2.27. The zero-order valence-corrected chi connectivity index (χ0v) is 11.2. The number of aliphatic hydroxyl groups excluding tert-OH is 1. The molecule has 0 amide bonds. The number of nitrogens with one attached hydrogen (secondary N) is 1. The Morgan fingerprint density at radius 3 is 2.53 bits per heavy atom. The second-order valence-electron chi connectivity index (χ2n) is 5.34. The van der Waals surface area contributed by atoms with Gasteiger partial charge < -0.3 is 15.2 Å². The monoisotopic (exact) mass is 237 g/mol. The molecule has 3 nitrogen and oxygen atoms in total. The Kier molecular flexibility index (Phi) is 4.82. The maximum absolute atomic E-state index is 9.22. The normalized spacial score (nSPS) is 11.6. The van der Waals surface area contributed by atoms with Gasteiger partial charge in [-0.2, -0.15) is 0 Å². The molecule has 0 fully saturated rings. The molecular weight excluding hydrogens is 214 g/mol. The zero-order chi connectivity index (χ0) is 12.9. The molecule has 1 rings (SSSR count). The van der Waals surface area contributed by atoms with Gasteiger partial charge in [-0.05, 0) is 26.0 Å². The van der Waals surface area contributed by atoms with E-state index in [0.29, 0.717) is 6.54 Å². The van der Waals surface area contributed by atoms with E-state index in [1.807, 2.05) is 52.0 Å². The van der Waals surface area contributed by atoms with Crippen LogP contribution >= 0.6 is 0 Å². The van der Waals surface area contributed by atoms with E-state index in [2.05, 4.69) is 5.32 Å². The van der Waals surface area contributed by atoms with Crippen LogP contribution in [0.15, 0.2) is 24.3 Å². The van der Waals surface area contributed by atoms with Crippen molar-refractivity contribution in [1.29, 1.82) is 0 Å². The van der Waals surface area contributed by atoms with Gasteiger partial charge in [0.2, 0.25) is 0 Å². The molecule has 17 heavy (non-hydrogen) atoms. The van der Waals surface area contributed by atoms with Crippen LogP contribution in [0.25, 0.3) is 0 Å². The van der Waals surface area contributed by atoms with Crippen molar-refractivity contribution in [1.82, 2.24) is 0 Å². The Bertz CT molecular complexity index is 348. The first-order valence-electron chi connectivity index (χ1n) is 6.05. The average molecular weight is 237 g/mol. The predicted molar refractivity (Wildman–Crippen MR) is 71.6 cm³/mol. The van der Waals surface area contributed by atoms with Crippen molar-refractivity contribution >= 4 is 5.69 Å². The maximum atomic E-state index is 9.22.